The van der Waals surface area contributed by atoms with Gasteiger partial charge >= 0.3 is 5.97 Å². The minimum absolute atomic E-state index is 0.158. The van der Waals surface area contributed by atoms with E-state index in [1.165, 1.54) is 17.0 Å². The minimum atomic E-state index is -1.03. The van der Waals surface area contributed by atoms with Crippen molar-refractivity contribution < 1.29 is 27.8 Å². The second kappa shape index (κ2) is 8.41. The zero-order valence-corrected chi connectivity index (χ0v) is 16.4. The van der Waals surface area contributed by atoms with Gasteiger partial charge in [0.1, 0.15) is 23.2 Å². The van der Waals surface area contributed by atoms with Crippen molar-refractivity contribution in [2.75, 3.05) is 0 Å². The van der Waals surface area contributed by atoms with Crippen LogP contribution < -0.4 is 10.3 Å². The summed E-state index contributed by atoms with van der Waals surface area (Å²) in [6.07, 6.45) is 3.26. The number of carbonyl (C=O) groups is 1. The van der Waals surface area contributed by atoms with E-state index < -0.39 is 29.0 Å². The second-order valence-electron chi connectivity index (χ2n) is 7.63. The van der Waals surface area contributed by atoms with Gasteiger partial charge in [-0.05, 0) is 43.9 Å². The summed E-state index contributed by atoms with van der Waals surface area (Å²) in [6, 6.07) is 5.94. The maximum Gasteiger partial charge on any atom is 0.306 e. The number of hydrogen-bond acceptors (Lipinski definition) is 4. The highest BCUT2D eigenvalue weighted by atomic mass is 19.1. The van der Waals surface area contributed by atoms with Gasteiger partial charge in [-0.3, -0.25) is 9.59 Å². The van der Waals surface area contributed by atoms with E-state index in [1.54, 1.807) is 12.1 Å². The molecule has 0 saturated heterocycles. The number of benzene rings is 2. The van der Waals surface area contributed by atoms with Crippen LogP contribution >= 0.6 is 0 Å². The van der Waals surface area contributed by atoms with Crippen LogP contribution in [0.2, 0.25) is 0 Å². The van der Waals surface area contributed by atoms with Crippen molar-refractivity contribution in [3.8, 4) is 5.75 Å². The topological polar surface area (TPSA) is 81.4 Å². The lowest BCUT2D eigenvalue weighted by Gasteiger charge is -2.26. The van der Waals surface area contributed by atoms with Gasteiger partial charge in [0.05, 0.1) is 35.8 Å². The molecule has 6 nitrogen and oxygen atoms in total. The number of aliphatic carboxylic acids is 1. The molecule has 0 atom stereocenters. The summed E-state index contributed by atoms with van der Waals surface area (Å²) in [6.45, 7) is -0.277. The summed E-state index contributed by atoms with van der Waals surface area (Å²) in [4.78, 5) is 27.1. The number of fused-ring (bicyclic) bond motifs is 1. The van der Waals surface area contributed by atoms with E-state index in [2.05, 4.69) is 4.98 Å². The summed E-state index contributed by atoms with van der Waals surface area (Å²) < 4.78 is 48.6. The van der Waals surface area contributed by atoms with Crippen molar-refractivity contribution >= 4 is 16.9 Å². The number of carboxylic acids is 1. The van der Waals surface area contributed by atoms with Crippen LogP contribution in [0.5, 0.6) is 5.75 Å². The molecule has 9 heteroatoms. The third kappa shape index (κ3) is 4.40. The standard InChI is InChI=1S/C22H19F3N2O4/c23-13-7-18(24)17(19(25)8-13)10-27-11-26-21(28)16-9-15(5-6-20(16)27)31-14-3-1-12(2-4-14)22(29)30/h5-9,11-12,14H,1-4,10H2,(H,29,30). The van der Waals surface area contributed by atoms with Crippen LogP contribution in [0.25, 0.3) is 10.9 Å². The number of ether oxygens (including phenoxy) is 1. The van der Waals surface area contributed by atoms with E-state index in [0.717, 1.165) is 0 Å². The first-order chi connectivity index (χ1) is 14.8. The normalized spacial score (nSPS) is 18.8. The van der Waals surface area contributed by atoms with E-state index in [1.807, 2.05) is 0 Å². The Hall–Kier alpha value is -3.36. The molecule has 0 unspecified atom stereocenters. The first-order valence-corrected chi connectivity index (χ1v) is 9.84. The van der Waals surface area contributed by atoms with Crippen LogP contribution in [0, 0.1) is 23.4 Å². The molecule has 0 aliphatic heterocycles. The monoisotopic (exact) mass is 432 g/mol. The van der Waals surface area contributed by atoms with Crippen LogP contribution in [0.1, 0.15) is 31.2 Å². The lowest BCUT2D eigenvalue weighted by Crippen LogP contribution is -2.27. The van der Waals surface area contributed by atoms with Gasteiger partial charge in [0.2, 0.25) is 0 Å². The number of hydrogen-bond donors (Lipinski definition) is 1. The average Bonchev–Trinajstić information content (AvgIpc) is 2.73. The third-order valence-electron chi connectivity index (χ3n) is 5.58. The molecule has 2 aromatic carbocycles. The van der Waals surface area contributed by atoms with Crippen molar-refractivity contribution in [1.29, 1.82) is 0 Å². The fourth-order valence-electron chi connectivity index (χ4n) is 3.90. The molecule has 1 aliphatic rings. The second-order valence-corrected chi connectivity index (χ2v) is 7.63. The SMILES string of the molecule is O=C(O)C1CCC(Oc2ccc3c(c2)c(=O)ncn3Cc2c(F)cc(F)cc2F)CC1. The van der Waals surface area contributed by atoms with Gasteiger partial charge in [-0.1, -0.05) is 0 Å². The Morgan fingerprint density at radius 3 is 2.42 bits per heavy atom. The molecule has 0 amide bonds. The maximum atomic E-state index is 14.0. The van der Waals surface area contributed by atoms with E-state index in [-0.39, 0.29) is 29.5 Å². The van der Waals surface area contributed by atoms with Crippen molar-refractivity contribution in [3.63, 3.8) is 0 Å². The molecular formula is C22H19F3N2O4. The number of carboxylic acid groups (broad SMARTS) is 1. The van der Waals surface area contributed by atoms with Crippen LogP contribution in [0.3, 0.4) is 0 Å². The highest BCUT2D eigenvalue weighted by Crippen LogP contribution is 2.29. The first kappa shape index (κ1) is 20.9. The fraction of sp³-hybridized carbons (Fsp3) is 0.318. The van der Waals surface area contributed by atoms with Gasteiger partial charge in [0.25, 0.3) is 5.56 Å². The summed E-state index contributed by atoms with van der Waals surface area (Å²) in [5, 5.41) is 9.30. The molecule has 162 valence electrons. The lowest BCUT2D eigenvalue weighted by atomic mass is 9.87. The number of rotatable bonds is 5. The molecule has 1 N–H and O–H groups in total. The average molecular weight is 432 g/mol. The Morgan fingerprint density at radius 2 is 1.77 bits per heavy atom. The summed E-state index contributed by atoms with van der Waals surface area (Å²) in [5.41, 5.74) is -0.472. The Kier molecular flexibility index (Phi) is 5.67. The number of aromatic nitrogens is 2. The quantitative estimate of drug-likeness (QED) is 0.662. The van der Waals surface area contributed by atoms with Crippen LogP contribution in [-0.4, -0.2) is 26.7 Å². The Balaban J connectivity index is 1.59. The number of nitrogens with zero attached hydrogens (tertiary/aromatic N) is 2. The minimum Gasteiger partial charge on any atom is -0.490 e. The van der Waals surface area contributed by atoms with Gasteiger partial charge in [0, 0.05) is 17.7 Å². The molecule has 0 radical (unpaired) electrons. The highest BCUT2D eigenvalue weighted by Gasteiger charge is 2.27. The van der Waals surface area contributed by atoms with Gasteiger partial charge in [-0.15, -0.1) is 0 Å². The zero-order chi connectivity index (χ0) is 22.1. The van der Waals surface area contributed by atoms with Crippen LogP contribution in [0.15, 0.2) is 41.5 Å². The molecule has 1 aromatic heterocycles. The molecule has 3 aromatic rings. The Labute approximate surface area is 174 Å². The van der Waals surface area contributed by atoms with Gasteiger partial charge < -0.3 is 14.4 Å². The smallest absolute Gasteiger partial charge is 0.306 e. The molecule has 4 rings (SSSR count). The van der Waals surface area contributed by atoms with Crippen LogP contribution in [-0.2, 0) is 11.3 Å². The van der Waals surface area contributed by atoms with Gasteiger partial charge in [-0.25, -0.2) is 13.2 Å². The molecule has 1 fully saturated rings. The third-order valence-corrected chi connectivity index (χ3v) is 5.58. The van der Waals surface area contributed by atoms with Crippen molar-refractivity contribution in [1.82, 2.24) is 9.55 Å². The van der Waals surface area contributed by atoms with E-state index in [4.69, 9.17) is 9.84 Å². The van der Waals surface area contributed by atoms with E-state index >= 15 is 0 Å². The van der Waals surface area contributed by atoms with Gasteiger partial charge in [0.15, 0.2) is 0 Å². The number of halogens is 3. The largest absolute Gasteiger partial charge is 0.490 e. The summed E-state index contributed by atoms with van der Waals surface area (Å²) in [7, 11) is 0. The van der Waals surface area contributed by atoms with Crippen molar-refractivity contribution in [3.05, 3.63) is 70.0 Å². The molecular weight excluding hydrogens is 413 g/mol. The Morgan fingerprint density at radius 1 is 1.10 bits per heavy atom. The summed E-state index contributed by atoms with van der Waals surface area (Å²) in [5.74, 6) is -3.80. The highest BCUT2D eigenvalue weighted by molar-refractivity contribution is 5.79. The summed E-state index contributed by atoms with van der Waals surface area (Å²) >= 11 is 0. The zero-order valence-electron chi connectivity index (χ0n) is 16.4. The van der Waals surface area contributed by atoms with E-state index in [9.17, 15) is 22.8 Å². The first-order valence-electron chi connectivity index (χ1n) is 9.84. The van der Waals surface area contributed by atoms with Crippen molar-refractivity contribution in [2.24, 2.45) is 5.92 Å². The molecule has 1 saturated carbocycles. The predicted molar refractivity (Wildman–Crippen MR) is 105 cm³/mol. The van der Waals surface area contributed by atoms with Gasteiger partial charge in [-0.2, -0.15) is 4.98 Å². The Bertz CT molecular complexity index is 1180. The van der Waals surface area contributed by atoms with E-state index in [0.29, 0.717) is 49.1 Å². The molecule has 0 spiro atoms. The molecule has 0 bridgehead atoms. The molecule has 1 heterocycles. The van der Waals surface area contributed by atoms with Crippen molar-refractivity contribution in [2.45, 2.75) is 38.3 Å². The van der Waals surface area contributed by atoms with Crippen LogP contribution in [0.4, 0.5) is 13.2 Å². The lowest BCUT2D eigenvalue weighted by molar-refractivity contribution is -0.143. The molecule has 31 heavy (non-hydrogen) atoms. The maximum absolute atomic E-state index is 14.0. The predicted octanol–water partition coefficient (Wildman–Crippen LogP) is 3.88. The molecule has 1 aliphatic carbocycles. The fourth-order valence-corrected chi connectivity index (χ4v) is 3.90.